The summed E-state index contributed by atoms with van der Waals surface area (Å²) in [7, 11) is 0. The largest absolute Gasteiger partial charge is 0.453 e. The monoisotopic (exact) mass is 248 g/mol. The average molecular weight is 248 g/mol. The van der Waals surface area contributed by atoms with Crippen LogP contribution in [0.1, 0.15) is 48.8 Å². The van der Waals surface area contributed by atoms with Crippen molar-refractivity contribution in [2.24, 2.45) is 0 Å². The van der Waals surface area contributed by atoms with Crippen molar-refractivity contribution in [3.63, 3.8) is 0 Å². The molecule has 0 spiro atoms. The summed E-state index contributed by atoms with van der Waals surface area (Å²) in [5, 5.41) is 0. The lowest BCUT2D eigenvalue weighted by atomic mass is 10.1. The Bertz CT molecular complexity index is 405. The van der Waals surface area contributed by atoms with E-state index in [1.165, 1.54) is 6.20 Å². The summed E-state index contributed by atoms with van der Waals surface area (Å²) in [5.41, 5.74) is 0.860. The summed E-state index contributed by atoms with van der Waals surface area (Å²) in [6.45, 7) is 7.57. The maximum absolute atomic E-state index is 11.9. The molecule has 0 radical (unpaired) electrons. The van der Waals surface area contributed by atoms with Crippen LogP contribution in [-0.2, 0) is 4.74 Å². The number of unbranched alkanes of at least 4 members (excludes halogenated alkanes) is 2. The fraction of sp³-hybridized carbons (Fsp3) is 0.500. The summed E-state index contributed by atoms with van der Waals surface area (Å²) < 4.78 is 5.35. The van der Waals surface area contributed by atoms with E-state index in [4.69, 9.17) is 4.74 Å². The van der Waals surface area contributed by atoms with Gasteiger partial charge in [-0.05, 0) is 19.8 Å². The van der Waals surface area contributed by atoms with Crippen LogP contribution in [0.25, 0.3) is 0 Å². The van der Waals surface area contributed by atoms with Crippen molar-refractivity contribution in [1.82, 2.24) is 9.97 Å². The Morgan fingerprint density at radius 3 is 2.78 bits per heavy atom. The van der Waals surface area contributed by atoms with Gasteiger partial charge in [-0.25, -0.2) is 9.78 Å². The van der Waals surface area contributed by atoms with Gasteiger partial charge < -0.3 is 4.74 Å². The van der Waals surface area contributed by atoms with Gasteiger partial charge in [0.2, 0.25) is 0 Å². The minimum absolute atomic E-state index is 0.245. The molecule has 0 aromatic carbocycles. The van der Waals surface area contributed by atoms with Gasteiger partial charge in [0, 0.05) is 12.4 Å². The van der Waals surface area contributed by atoms with E-state index in [1.54, 1.807) is 19.2 Å². The standard InChI is InChI=1S/C14H20N2O2/c1-4-6-7-8-12(5-2)18-14(17)13-11(3)15-9-10-16-13/h5,9-10,12H,2,4,6-8H2,1,3H3. The van der Waals surface area contributed by atoms with Crippen molar-refractivity contribution < 1.29 is 9.53 Å². The number of nitrogens with zero attached hydrogens (tertiary/aromatic N) is 2. The van der Waals surface area contributed by atoms with Crippen molar-refractivity contribution in [3.05, 3.63) is 36.4 Å². The van der Waals surface area contributed by atoms with Crippen LogP contribution in [0.5, 0.6) is 0 Å². The van der Waals surface area contributed by atoms with Crippen LogP contribution in [0.4, 0.5) is 0 Å². The molecule has 1 atom stereocenters. The molecule has 0 saturated carbocycles. The summed E-state index contributed by atoms with van der Waals surface area (Å²) >= 11 is 0. The molecule has 4 heteroatoms. The molecule has 0 aliphatic heterocycles. The van der Waals surface area contributed by atoms with E-state index in [2.05, 4.69) is 23.5 Å². The number of rotatable bonds is 7. The van der Waals surface area contributed by atoms with E-state index in [9.17, 15) is 4.79 Å². The molecule has 0 amide bonds. The Morgan fingerprint density at radius 2 is 2.17 bits per heavy atom. The first-order valence-corrected chi connectivity index (χ1v) is 6.30. The maximum atomic E-state index is 11.9. The number of hydrogen-bond acceptors (Lipinski definition) is 4. The topological polar surface area (TPSA) is 52.1 Å². The molecule has 18 heavy (non-hydrogen) atoms. The first-order valence-electron chi connectivity index (χ1n) is 6.30. The van der Waals surface area contributed by atoms with Crippen LogP contribution < -0.4 is 0 Å². The zero-order valence-corrected chi connectivity index (χ0v) is 11.1. The molecular weight excluding hydrogens is 228 g/mol. The molecule has 0 bridgehead atoms. The summed E-state index contributed by atoms with van der Waals surface area (Å²) in [6.07, 6.45) is 8.57. The SMILES string of the molecule is C=CC(CCCCC)OC(=O)c1nccnc1C. The lowest BCUT2D eigenvalue weighted by molar-refractivity contribution is 0.0368. The average Bonchev–Trinajstić information content (AvgIpc) is 2.38. The smallest absolute Gasteiger partial charge is 0.359 e. The van der Waals surface area contributed by atoms with Crippen molar-refractivity contribution in [1.29, 1.82) is 0 Å². The molecule has 0 fully saturated rings. The second-order valence-corrected chi connectivity index (χ2v) is 4.17. The third kappa shape index (κ3) is 4.28. The van der Waals surface area contributed by atoms with Crippen LogP contribution in [-0.4, -0.2) is 22.0 Å². The highest BCUT2D eigenvalue weighted by Crippen LogP contribution is 2.11. The highest BCUT2D eigenvalue weighted by atomic mass is 16.5. The zero-order valence-electron chi connectivity index (χ0n) is 11.1. The molecular formula is C14H20N2O2. The lowest BCUT2D eigenvalue weighted by Gasteiger charge is -2.13. The number of carbonyl (C=O) groups is 1. The van der Waals surface area contributed by atoms with E-state index in [-0.39, 0.29) is 11.8 Å². The van der Waals surface area contributed by atoms with Gasteiger partial charge in [-0.2, -0.15) is 0 Å². The second kappa shape index (κ2) is 7.58. The van der Waals surface area contributed by atoms with E-state index in [1.807, 2.05) is 0 Å². The van der Waals surface area contributed by atoms with Crippen LogP contribution in [0.2, 0.25) is 0 Å². The summed E-state index contributed by atoms with van der Waals surface area (Å²) in [4.78, 5) is 19.9. The molecule has 1 rings (SSSR count). The van der Waals surface area contributed by atoms with E-state index < -0.39 is 5.97 Å². The number of esters is 1. The van der Waals surface area contributed by atoms with Crippen molar-refractivity contribution >= 4 is 5.97 Å². The Kier molecular flexibility index (Phi) is 6.05. The van der Waals surface area contributed by atoms with E-state index in [0.717, 1.165) is 25.7 Å². The third-order valence-corrected chi connectivity index (χ3v) is 2.69. The van der Waals surface area contributed by atoms with Crippen LogP contribution >= 0.6 is 0 Å². The van der Waals surface area contributed by atoms with Gasteiger partial charge >= 0.3 is 5.97 Å². The van der Waals surface area contributed by atoms with Crippen LogP contribution in [0.3, 0.4) is 0 Å². The molecule has 98 valence electrons. The number of ether oxygens (including phenoxy) is 1. The first-order chi connectivity index (χ1) is 8.69. The van der Waals surface area contributed by atoms with Crippen molar-refractivity contribution in [2.45, 2.75) is 45.6 Å². The highest BCUT2D eigenvalue weighted by molar-refractivity contribution is 5.88. The molecule has 1 aromatic heterocycles. The predicted molar refractivity (Wildman–Crippen MR) is 70.3 cm³/mol. The van der Waals surface area contributed by atoms with Gasteiger partial charge in [-0.3, -0.25) is 4.98 Å². The third-order valence-electron chi connectivity index (χ3n) is 2.69. The van der Waals surface area contributed by atoms with Gasteiger partial charge in [-0.15, -0.1) is 0 Å². The maximum Gasteiger partial charge on any atom is 0.359 e. The van der Waals surface area contributed by atoms with Gasteiger partial charge in [0.05, 0.1) is 5.69 Å². The number of aromatic nitrogens is 2. The Morgan fingerprint density at radius 1 is 1.44 bits per heavy atom. The molecule has 0 aliphatic carbocycles. The highest BCUT2D eigenvalue weighted by Gasteiger charge is 2.16. The predicted octanol–water partition coefficient (Wildman–Crippen LogP) is 3.08. The zero-order chi connectivity index (χ0) is 13.4. The molecule has 1 heterocycles. The van der Waals surface area contributed by atoms with Crippen LogP contribution in [0, 0.1) is 6.92 Å². The minimum Gasteiger partial charge on any atom is -0.453 e. The fourth-order valence-corrected chi connectivity index (χ4v) is 1.62. The Labute approximate surface area is 108 Å². The lowest BCUT2D eigenvalue weighted by Crippen LogP contribution is -2.18. The summed E-state index contributed by atoms with van der Waals surface area (Å²) in [5.74, 6) is -0.429. The van der Waals surface area contributed by atoms with Gasteiger partial charge in [0.25, 0.3) is 0 Å². The van der Waals surface area contributed by atoms with E-state index >= 15 is 0 Å². The minimum atomic E-state index is -0.429. The van der Waals surface area contributed by atoms with Crippen molar-refractivity contribution in [3.8, 4) is 0 Å². The van der Waals surface area contributed by atoms with Gasteiger partial charge in [0.1, 0.15) is 6.10 Å². The molecule has 4 nitrogen and oxygen atoms in total. The number of carbonyl (C=O) groups excluding carboxylic acids is 1. The number of hydrogen-bond donors (Lipinski definition) is 0. The molecule has 0 aliphatic rings. The van der Waals surface area contributed by atoms with Crippen LogP contribution in [0.15, 0.2) is 25.0 Å². The fourth-order valence-electron chi connectivity index (χ4n) is 1.62. The second-order valence-electron chi connectivity index (χ2n) is 4.17. The molecule has 0 saturated heterocycles. The first kappa shape index (κ1) is 14.4. The molecule has 0 N–H and O–H groups in total. The van der Waals surface area contributed by atoms with Crippen molar-refractivity contribution in [2.75, 3.05) is 0 Å². The summed E-state index contributed by atoms with van der Waals surface area (Å²) in [6, 6.07) is 0. The van der Waals surface area contributed by atoms with Gasteiger partial charge in [0.15, 0.2) is 5.69 Å². The molecule has 1 unspecified atom stereocenters. The van der Waals surface area contributed by atoms with Gasteiger partial charge in [-0.1, -0.05) is 32.4 Å². The Balaban J connectivity index is 2.57. The molecule has 1 aromatic rings. The normalized spacial score (nSPS) is 11.9. The van der Waals surface area contributed by atoms with E-state index in [0.29, 0.717) is 5.69 Å². The quantitative estimate of drug-likeness (QED) is 0.423. The Hall–Kier alpha value is -1.71. The number of aryl methyl sites for hydroxylation is 1.